The van der Waals surface area contributed by atoms with Crippen molar-refractivity contribution in [1.82, 2.24) is 4.90 Å². The van der Waals surface area contributed by atoms with Crippen molar-refractivity contribution in [3.63, 3.8) is 0 Å². The smallest absolute Gasteiger partial charge is 0.0589 e. The lowest BCUT2D eigenvalue weighted by Crippen LogP contribution is -2.59. The molecule has 13 heavy (non-hydrogen) atoms. The van der Waals surface area contributed by atoms with Gasteiger partial charge in [0.15, 0.2) is 0 Å². The van der Waals surface area contributed by atoms with E-state index in [2.05, 4.69) is 4.90 Å². The van der Waals surface area contributed by atoms with Gasteiger partial charge in [0, 0.05) is 26.2 Å². The van der Waals surface area contributed by atoms with Gasteiger partial charge in [-0.25, -0.2) is 0 Å². The molecule has 1 saturated heterocycles. The summed E-state index contributed by atoms with van der Waals surface area (Å²) in [6.45, 7) is 3.46. The van der Waals surface area contributed by atoms with E-state index >= 15 is 0 Å². The third kappa shape index (κ3) is 1.08. The van der Waals surface area contributed by atoms with E-state index in [0.29, 0.717) is 0 Å². The van der Waals surface area contributed by atoms with Crippen LogP contribution in [0.25, 0.3) is 0 Å². The third-order valence-corrected chi connectivity index (χ3v) is 4.49. The minimum atomic E-state index is 0.917. The van der Waals surface area contributed by atoms with Gasteiger partial charge >= 0.3 is 0 Å². The van der Waals surface area contributed by atoms with Gasteiger partial charge < -0.3 is 4.74 Å². The molecule has 2 aliphatic carbocycles. The van der Waals surface area contributed by atoms with Crippen molar-refractivity contribution >= 4 is 0 Å². The number of likely N-dealkylation sites (tertiary alicyclic amines) is 1. The van der Waals surface area contributed by atoms with Gasteiger partial charge in [0.1, 0.15) is 0 Å². The first-order chi connectivity index (χ1) is 6.40. The van der Waals surface area contributed by atoms with Crippen molar-refractivity contribution in [2.24, 2.45) is 17.8 Å². The zero-order chi connectivity index (χ0) is 8.84. The summed E-state index contributed by atoms with van der Waals surface area (Å²) in [5, 5.41) is 0. The normalized spacial score (nSPS) is 47.8. The van der Waals surface area contributed by atoms with Crippen molar-refractivity contribution in [2.75, 3.05) is 26.8 Å². The Morgan fingerprint density at radius 1 is 1.31 bits per heavy atom. The van der Waals surface area contributed by atoms with E-state index in [1.807, 2.05) is 0 Å². The summed E-state index contributed by atoms with van der Waals surface area (Å²) in [5.74, 6) is 3.24. The average molecular weight is 181 g/mol. The van der Waals surface area contributed by atoms with Gasteiger partial charge in [-0.05, 0) is 37.0 Å². The highest BCUT2D eigenvalue weighted by molar-refractivity contribution is 5.08. The number of hydrogen-bond acceptors (Lipinski definition) is 2. The fourth-order valence-electron chi connectivity index (χ4n) is 3.91. The minimum Gasteiger partial charge on any atom is -0.383 e. The van der Waals surface area contributed by atoms with Crippen molar-refractivity contribution in [3.8, 4) is 0 Å². The van der Waals surface area contributed by atoms with Crippen LogP contribution in [0.4, 0.5) is 0 Å². The van der Waals surface area contributed by atoms with Crippen LogP contribution in [0.1, 0.15) is 19.3 Å². The molecule has 0 radical (unpaired) electrons. The summed E-state index contributed by atoms with van der Waals surface area (Å²) < 4.78 is 5.14. The Kier molecular flexibility index (Phi) is 1.88. The summed E-state index contributed by atoms with van der Waals surface area (Å²) in [6.07, 6.45) is 4.58. The van der Waals surface area contributed by atoms with Crippen LogP contribution in [0.15, 0.2) is 0 Å². The van der Waals surface area contributed by atoms with Crippen LogP contribution in [0, 0.1) is 17.8 Å². The molecule has 4 unspecified atom stereocenters. The Morgan fingerprint density at radius 3 is 2.92 bits per heavy atom. The largest absolute Gasteiger partial charge is 0.383 e. The summed E-state index contributed by atoms with van der Waals surface area (Å²) in [5.41, 5.74) is 0. The first kappa shape index (κ1) is 8.25. The highest BCUT2D eigenvalue weighted by atomic mass is 16.5. The molecule has 0 aromatic rings. The molecule has 4 atom stereocenters. The van der Waals surface area contributed by atoms with Gasteiger partial charge in [-0.1, -0.05) is 0 Å². The first-order valence-corrected chi connectivity index (χ1v) is 5.63. The van der Waals surface area contributed by atoms with Crippen molar-refractivity contribution in [3.05, 3.63) is 0 Å². The summed E-state index contributed by atoms with van der Waals surface area (Å²) in [6, 6.07) is 0.967. The highest BCUT2D eigenvalue weighted by Crippen LogP contribution is 2.55. The number of ether oxygens (including phenoxy) is 1. The molecule has 2 nitrogen and oxygen atoms in total. The zero-order valence-corrected chi connectivity index (χ0v) is 8.41. The second-order valence-electron chi connectivity index (χ2n) is 4.98. The lowest BCUT2D eigenvalue weighted by Gasteiger charge is -2.50. The molecule has 3 rings (SSSR count). The number of nitrogens with zero attached hydrogens (tertiary/aromatic N) is 1. The van der Waals surface area contributed by atoms with Crippen LogP contribution in [-0.4, -0.2) is 37.7 Å². The maximum absolute atomic E-state index is 5.14. The molecule has 0 aromatic heterocycles. The molecule has 1 heterocycles. The molecule has 3 aliphatic rings. The molecule has 0 spiro atoms. The van der Waals surface area contributed by atoms with Gasteiger partial charge in [0.05, 0.1) is 6.61 Å². The first-order valence-electron chi connectivity index (χ1n) is 5.63. The van der Waals surface area contributed by atoms with Crippen LogP contribution >= 0.6 is 0 Å². The Balaban J connectivity index is 1.60. The molecular weight excluding hydrogens is 162 g/mol. The molecule has 0 aromatic carbocycles. The predicted molar refractivity (Wildman–Crippen MR) is 51.6 cm³/mol. The summed E-state index contributed by atoms with van der Waals surface area (Å²) in [4.78, 5) is 2.65. The van der Waals surface area contributed by atoms with Gasteiger partial charge in [-0.3, -0.25) is 4.90 Å². The standard InChI is InChI=1S/C11H19NO/c1-13-5-4-12-7-10-8-2-3-9(6-8)11(10)12/h8-11H,2-7H2,1H3. The van der Waals surface area contributed by atoms with Crippen LogP contribution in [0.2, 0.25) is 0 Å². The monoisotopic (exact) mass is 181 g/mol. The molecule has 2 heteroatoms. The van der Waals surface area contributed by atoms with E-state index in [9.17, 15) is 0 Å². The average Bonchev–Trinajstić information content (AvgIpc) is 2.60. The highest BCUT2D eigenvalue weighted by Gasteiger charge is 2.55. The quantitative estimate of drug-likeness (QED) is 0.652. The van der Waals surface area contributed by atoms with E-state index in [1.165, 1.54) is 25.9 Å². The van der Waals surface area contributed by atoms with E-state index in [1.54, 1.807) is 13.5 Å². The maximum Gasteiger partial charge on any atom is 0.0589 e. The second-order valence-corrected chi connectivity index (χ2v) is 4.98. The van der Waals surface area contributed by atoms with Gasteiger partial charge in [-0.2, -0.15) is 0 Å². The predicted octanol–water partition coefficient (Wildman–Crippen LogP) is 1.36. The molecule has 74 valence electrons. The summed E-state index contributed by atoms with van der Waals surface area (Å²) in [7, 11) is 1.80. The fourth-order valence-corrected chi connectivity index (χ4v) is 3.91. The van der Waals surface area contributed by atoms with Crippen molar-refractivity contribution in [1.29, 1.82) is 0 Å². The molecule has 1 aliphatic heterocycles. The van der Waals surface area contributed by atoms with Crippen LogP contribution < -0.4 is 0 Å². The minimum absolute atomic E-state index is 0.917. The Hall–Kier alpha value is -0.0800. The van der Waals surface area contributed by atoms with Gasteiger partial charge in [0.25, 0.3) is 0 Å². The number of rotatable bonds is 3. The molecule has 0 amide bonds. The van der Waals surface area contributed by atoms with Crippen LogP contribution in [0.3, 0.4) is 0 Å². The van der Waals surface area contributed by atoms with E-state index in [-0.39, 0.29) is 0 Å². The maximum atomic E-state index is 5.14. The Morgan fingerprint density at radius 2 is 2.15 bits per heavy atom. The lowest BCUT2D eigenvalue weighted by molar-refractivity contribution is -0.0343. The van der Waals surface area contributed by atoms with Crippen molar-refractivity contribution < 1.29 is 4.74 Å². The van der Waals surface area contributed by atoms with Gasteiger partial charge in [-0.15, -0.1) is 0 Å². The molecule has 2 saturated carbocycles. The zero-order valence-electron chi connectivity index (χ0n) is 8.41. The van der Waals surface area contributed by atoms with E-state index in [0.717, 1.165) is 30.4 Å². The SMILES string of the molecule is COCCN1CC2C3CCC(C3)C21. The van der Waals surface area contributed by atoms with Gasteiger partial charge in [0.2, 0.25) is 0 Å². The second kappa shape index (κ2) is 2.96. The number of methoxy groups -OCH3 is 1. The number of hydrogen-bond donors (Lipinski definition) is 0. The molecule has 3 fully saturated rings. The molecule has 2 bridgehead atoms. The molecular formula is C11H19NO. The van der Waals surface area contributed by atoms with E-state index < -0.39 is 0 Å². The van der Waals surface area contributed by atoms with Crippen LogP contribution in [0.5, 0.6) is 0 Å². The lowest BCUT2D eigenvalue weighted by atomic mass is 9.77. The molecule has 0 N–H and O–H groups in total. The fraction of sp³-hybridized carbons (Fsp3) is 1.00. The van der Waals surface area contributed by atoms with E-state index in [4.69, 9.17) is 4.74 Å². The third-order valence-electron chi connectivity index (χ3n) is 4.49. The Bertz CT molecular complexity index is 204. The van der Waals surface area contributed by atoms with Crippen LogP contribution in [-0.2, 0) is 4.74 Å². The summed E-state index contributed by atoms with van der Waals surface area (Å²) >= 11 is 0. The Labute approximate surface area is 80.2 Å². The topological polar surface area (TPSA) is 12.5 Å². The van der Waals surface area contributed by atoms with Crippen molar-refractivity contribution in [2.45, 2.75) is 25.3 Å². The number of fused-ring (bicyclic) bond motifs is 5.